The molecule has 4 rings (SSSR count). The zero-order valence-electron chi connectivity index (χ0n) is 17.1. The maximum Gasteiger partial charge on any atom is 0.246 e. The van der Waals surface area contributed by atoms with E-state index in [4.69, 9.17) is 0 Å². The molecule has 7 nitrogen and oxygen atoms in total. The number of hydrogen-bond acceptors (Lipinski definition) is 6. The van der Waals surface area contributed by atoms with Crippen LogP contribution in [-0.4, -0.2) is 38.8 Å². The lowest BCUT2D eigenvalue weighted by Gasteiger charge is -2.19. The normalized spacial score (nSPS) is 13.8. The zero-order chi connectivity index (χ0) is 21.3. The molecule has 1 aromatic heterocycles. The summed E-state index contributed by atoms with van der Waals surface area (Å²) in [6, 6.07) is 11.8. The van der Waals surface area contributed by atoms with Crippen LogP contribution in [0.15, 0.2) is 36.4 Å². The number of anilines is 3. The molecule has 0 aliphatic carbocycles. The zero-order valence-corrected chi connectivity index (χ0v) is 18.7. The second-order valence-electron chi connectivity index (χ2n) is 7.18. The van der Waals surface area contributed by atoms with Gasteiger partial charge in [0.15, 0.2) is 0 Å². The Morgan fingerprint density at radius 3 is 2.80 bits per heavy atom. The van der Waals surface area contributed by atoms with E-state index in [9.17, 15) is 9.00 Å². The number of aryl methyl sites for hydroxylation is 2. The molecule has 2 aromatic carbocycles. The number of nitrogens with one attached hydrogen (secondary N) is 2. The van der Waals surface area contributed by atoms with Gasteiger partial charge >= 0.3 is 0 Å². The van der Waals surface area contributed by atoms with Crippen molar-refractivity contribution in [3.8, 4) is 10.6 Å². The van der Waals surface area contributed by atoms with E-state index in [0.29, 0.717) is 6.54 Å². The lowest BCUT2D eigenvalue weighted by Crippen LogP contribution is -2.34. The number of benzene rings is 2. The van der Waals surface area contributed by atoms with Crippen molar-refractivity contribution >= 4 is 45.5 Å². The molecular formula is C21H23N5O2S2. The first-order chi connectivity index (χ1) is 14.4. The summed E-state index contributed by atoms with van der Waals surface area (Å²) in [5.74, 6) is 0.758. The van der Waals surface area contributed by atoms with Crippen LogP contribution in [-0.2, 0) is 22.2 Å². The van der Waals surface area contributed by atoms with Crippen molar-refractivity contribution in [2.75, 3.05) is 34.3 Å². The van der Waals surface area contributed by atoms with Gasteiger partial charge < -0.3 is 14.9 Å². The summed E-state index contributed by atoms with van der Waals surface area (Å²) in [6.07, 6.45) is 2.34. The van der Waals surface area contributed by atoms with Crippen LogP contribution in [0.4, 0.5) is 17.1 Å². The topological polar surface area (TPSA) is 87.2 Å². The molecule has 1 aliphatic rings. The Morgan fingerprint density at radius 2 is 2.07 bits per heavy atom. The van der Waals surface area contributed by atoms with Gasteiger partial charge in [-0.1, -0.05) is 18.2 Å². The van der Waals surface area contributed by atoms with Crippen molar-refractivity contribution < 1.29 is 9.00 Å². The van der Waals surface area contributed by atoms with Crippen LogP contribution < -0.4 is 14.9 Å². The highest BCUT2D eigenvalue weighted by Crippen LogP contribution is 2.34. The Balaban J connectivity index is 1.49. The highest BCUT2D eigenvalue weighted by Gasteiger charge is 2.26. The largest absolute Gasteiger partial charge is 0.376 e. The molecule has 156 valence electrons. The van der Waals surface area contributed by atoms with Crippen molar-refractivity contribution in [3.63, 3.8) is 0 Å². The van der Waals surface area contributed by atoms with Gasteiger partial charge in [0.25, 0.3) is 0 Å². The van der Waals surface area contributed by atoms with Crippen LogP contribution in [0.1, 0.15) is 17.0 Å². The van der Waals surface area contributed by atoms with E-state index >= 15 is 0 Å². The number of fused-ring (bicyclic) bond motifs is 1. The number of amides is 1. The highest BCUT2D eigenvalue weighted by molar-refractivity contribution is 7.85. The van der Waals surface area contributed by atoms with Gasteiger partial charge in [0, 0.05) is 35.3 Å². The minimum absolute atomic E-state index is 0.0000775. The van der Waals surface area contributed by atoms with E-state index in [-0.39, 0.29) is 12.5 Å². The molecule has 9 heteroatoms. The first-order valence-corrected chi connectivity index (χ1v) is 11.9. The van der Waals surface area contributed by atoms with Gasteiger partial charge in [-0.3, -0.25) is 4.79 Å². The third-order valence-corrected chi connectivity index (χ3v) is 6.39. The van der Waals surface area contributed by atoms with Crippen LogP contribution in [0.5, 0.6) is 0 Å². The van der Waals surface area contributed by atoms with Gasteiger partial charge in [-0.15, -0.1) is 0 Å². The summed E-state index contributed by atoms with van der Waals surface area (Å²) in [6.45, 7) is 4.69. The van der Waals surface area contributed by atoms with Crippen LogP contribution in [0.3, 0.4) is 0 Å². The van der Waals surface area contributed by atoms with Crippen LogP contribution in [0, 0.1) is 13.8 Å². The molecular weight excluding hydrogens is 418 g/mol. The van der Waals surface area contributed by atoms with Gasteiger partial charge in [0.2, 0.25) is 5.91 Å². The minimum atomic E-state index is -1.15. The molecule has 0 saturated carbocycles. The van der Waals surface area contributed by atoms with Gasteiger partial charge in [0.05, 0.1) is 12.2 Å². The van der Waals surface area contributed by atoms with Gasteiger partial charge in [0.1, 0.15) is 21.8 Å². The Kier molecular flexibility index (Phi) is 5.83. The lowest BCUT2D eigenvalue weighted by atomic mass is 10.1. The molecule has 0 bridgehead atoms. The molecule has 1 amide bonds. The number of aromatic nitrogens is 2. The quantitative estimate of drug-likeness (QED) is 0.611. The molecule has 0 spiro atoms. The first-order valence-electron chi connectivity index (χ1n) is 9.60. The predicted molar refractivity (Wildman–Crippen MR) is 123 cm³/mol. The molecule has 1 atom stereocenters. The van der Waals surface area contributed by atoms with Gasteiger partial charge in [-0.2, -0.15) is 4.37 Å². The van der Waals surface area contributed by atoms with E-state index in [1.54, 1.807) is 11.2 Å². The van der Waals surface area contributed by atoms with Crippen molar-refractivity contribution in [1.29, 1.82) is 0 Å². The molecule has 0 saturated heterocycles. The summed E-state index contributed by atoms with van der Waals surface area (Å²) in [4.78, 5) is 19.2. The number of rotatable bonds is 6. The van der Waals surface area contributed by atoms with Crippen molar-refractivity contribution in [2.24, 2.45) is 0 Å². The van der Waals surface area contributed by atoms with Crippen molar-refractivity contribution in [3.05, 3.63) is 53.3 Å². The Hall–Kier alpha value is -2.78. The molecule has 2 N–H and O–H groups in total. The van der Waals surface area contributed by atoms with Crippen LogP contribution in [0.2, 0.25) is 0 Å². The van der Waals surface area contributed by atoms with E-state index in [2.05, 4.69) is 19.4 Å². The fourth-order valence-electron chi connectivity index (χ4n) is 3.57. The smallest absolute Gasteiger partial charge is 0.246 e. The maximum absolute atomic E-state index is 12.9. The summed E-state index contributed by atoms with van der Waals surface area (Å²) in [5.41, 5.74) is 5.69. The molecule has 2 heterocycles. The average Bonchev–Trinajstić information content (AvgIpc) is 3.34. The van der Waals surface area contributed by atoms with E-state index < -0.39 is 11.0 Å². The number of carbonyl (C=O) groups is 1. The SMILES string of the molecule is Cc1nsc(-c2ccc(C)c(NCC(=O)N3CCc4c(NS(C)=O)cccc43)c2)n1. The second kappa shape index (κ2) is 8.53. The number of nitrogens with zero attached hydrogens (tertiary/aromatic N) is 3. The first kappa shape index (κ1) is 20.5. The third-order valence-electron chi connectivity index (χ3n) is 5.02. The molecule has 0 fully saturated rings. The summed E-state index contributed by atoms with van der Waals surface area (Å²) >= 11 is 1.37. The predicted octanol–water partition coefficient (Wildman–Crippen LogP) is 3.53. The fourth-order valence-corrected chi connectivity index (χ4v) is 4.74. The molecule has 3 aromatic rings. The van der Waals surface area contributed by atoms with E-state index in [1.807, 2.05) is 50.2 Å². The van der Waals surface area contributed by atoms with Gasteiger partial charge in [-0.05, 0) is 55.6 Å². The van der Waals surface area contributed by atoms with E-state index in [1.165, 1.54) is 11.5 Å². The lowest BCUT2D eigenvalue weighted by molar-refractivity contribution is -0.116. The van der Waals surface area contributed by atoms with Crippen LogP contribution >= 0.6 is 11.5 Å². The molecule has 1 unspecified atom stereocenters. The summed E-state index contributed by atoms with van der Waals surface area (Å²) in [5, 5.41) is 4.15. The summed E-state index contributed by atoms with van der Waals surface area (Å²) < 4.78 is 18.8. The van der Waals surface area contributed by atoms with E-state index in [0.717, 1.165) is 51.0 Å². The van der Waals surface area contributed by atoms with Crippen molar-refractivity contribution in [2.45, 2.75) is 20.3 Å². The fraction of sp³-hybridized carbons (Fsp3) is 0.286. The average molecular weight is 442 g/mol. The third kappa shape index (κ3) is 4.22. The Bertz CT molecular complexity index is 1130. The Labute approximate surface area is 182 Å². The monoisotopic (exact) mass is 441 g/mol. The van der Waals surface area contributed by atoms with Gasteiger partial charge in [-0.25, -0.2) is 9.19 Å². The second-order valence-corrected chi connectivity index (χ2v) is 9.05. The number of carbonyl (C=O) groups excluding carboxylic acids is 1. The number of hydrogen-bond donors (Lipinski definition) is 2. The minimum Gasteiger partial charge on any atom is -0.376 e. The Morgan fingerprint density at radius 1 is 1.23 bits per heavy atom. The standard InChI is InChI=1S/C21H23N5O2S2/c1-13-7-8-15(21-23-14(2)24-29-21)11-18(13)22-12-20(27)26-10-9-16-17(25-30(3)28)5-4-6-19(16)26/h4-8,11,22,25H,9-10,12H2,1-3H3. The molecule has 1 aliphatic heterocycles. The highest BCUT2D eigenvalue weighted by atomic mass is 32.2. The molecule has 30 heavy (non-hydrogen) atoms. The summed E-state index contributed by atoms with van der Waals surface area (Å²) in [7, 11) is -1.15. The van der Waals surface area contributed by atoms with Crippen LogP contribution in [0.25, 0.3) is 10.6 Å². The molecule has 0 radical (unpaired) electrons. The van der Waals surface area contributed by atoms with Crippen molar-refractivity contribution in [1.82, 2.24) is 9.36 Å². The maximum atomic E-state index is 12.9.